The predicted octanol–water partition coefficient (Wildman–Crippen LogP) is 4.18. The number of hydrogen-bond acceptors (Lipinski definition) is 1. The minimum atomic E-state index is -0.0512. The zero-order chi connectivity index (χ0) is 10.8. The normalized spacial score (nSPS) is 16.7. The number of hydrogen-bond donors (Lipinski definition) is 0. The number of ether oxygens (including phenoxy) is 1. The average molecular weight is 300 g/mol. The molecule has 0 fully saturated rings. The third-order valence-corrected chi connectivity index (χ3v) is 2.95. The van der Waals surface area contributed by atoms with Crippen LogP contribution in [0.5, 0.6) is 0 Å². The summed E-state index contributed by atoms with van der Waals surface area (Å²) in [6.45, 7) is 8.53. The van der Waals surface area contributed by atoms with Crippen LogP contribution >= 0.6 is 24.8 Å². The van der Waals surface area contributed by atoms with Crippen molar-refractivity contribution in [3.8, 4) is 0 Å². The SMILES string of the molecule is CCC(OC(C)(C)C)C1=[C]([Ti])CC=C1.Cl.Cl. The number of halogens is 2. The van der Waals surface area contributed by atoms with Crippen molar-refractivity contribution in [3.05, 3.63) is 21.6 Å². The van der Waals surface area contributed by atoms with Crippen LogP contribution in [0.3, 0.4) is 0 Å². The fraction of sp³-hybridized carbons (Fsp3) is 0.667. The van der Waals surface area contributed by atoms with Gasteiger partial charge >= 0.3 is 99.0 Å². The summed E-state index contributed by atoms with van der Waals surface area (Å²) in [5.74, 6) is 0. The van der Waals surface area contributed by atoms with Crippen molar-refractivity contribution in [3.63, 3.8) is 0 Å². The van der Waals surface area contributed by atoms with E-state index in [-0.39, 0.29) is 36.5 Å². The molecule has 0 radical (unpaired) electrons. The molecule has 0 heterocycles. The van der Waals surface area contributed by atoms with Crippen LogP contribution in [-0.4, -0.2) is 11.7 Å². The van der Waals surface area contributed by atoms with E-state index >= 15 is 0 Å². The summed E-state index contributed by atoms with van der Waals surface area (Å²) in [4.78, 5) is 0. The molecule has 93 valence electrons. The molecule has 0 aromatic heterocycles. The van der Waals surface area contributed by atoms with Crippen LogP contribution in [-0.2, 0) is 25.2 Å². The third-order valence-electron chi connectivity index (χ3n) is 2.18. The van der Waals surface area contributed by atoms with Gasteiger partial charge in [0, 0.05) is 0 Å². The summed E-state index contributed by atoms with van der Waals surface area (Å²) in [6.07, 6.45) is 6.86. The Morgan fingerprint density at radius 2 is 1.94 bits per heavy atom. The van der Waals surface area contributed by atoms with E-state index in [2.05, 4.69) is 60.3 Å². The van der Waals surface area contributed by atoms with Gasteiger partial charge < -0.3 is 0 Å². The van der Waals surface area contributed by atoms with Crippen LogP contribution in [0.25, 0.3) is 0 Å². The molecular formula is C12H21Cl2OTi. The Morgan fingerprint density at radius 3 is 2.25 bits per heavy atom. The predicted molar refractivity (Wildman–Crippen MR) is 70.2 cm³/mol. The smallest absolute Gasteiger partial charge is 0.147 e. The Hall–Kier alpha value is 0.734. The van der Waals surface area contributed by atoms with Gasteiger partial charge in [0.25, 0.3) is 0 Å². The van der Waals surface area contributed by atoms with Crippen molar-refractivity contribution >= 4 is 24.8 Å². The second-order valence-corrected chi connectivity index (χ2v) is 5.61. The first-order valence-corrected chi connectivity index (χ1v) is 6.01. The molecule has 1 aliphatic rings. The molecule has 0 saturated carbocycles. The maximum absolute atomic E-state index is 6.03. The van der Waals surface area contributed by atoms with E-state index in [9.17, 15) is 0 Å². The first-order chi connectivity index (χ1) is 6.44. The molecule has 1 unspecified atom stereocenters. The Labute approximate surface area is 123 Å². The van der Waals surface area contributed by atoms with E-state index < -0.39 is 0 Å². The summed E-state index contributed by atoms with van der Waals surface area (Å²) in [7, 11) is 0. The third kappa shape index (κ3) is 5.88. The van der Waals surface area contributed by atoms with Gasteiger partial charge in [0.2, 0.25) is 0 Å². The maximum atomic E-state index is 6.03. The topological polar surface area (TPSA) is 9.23 Å². The fourth-order valence-corrected chi connectivity index (χ4v) is 2.18. The molecule has 0 aromatic rings. The van der Waals surface area contributed by atoms with Crippen LogP contribution in [0.2, 0.25) is 0 Å². The Balaban J connectivity index is 0. The van der Waals surface area contributed by atoms with E-state index in [1.54, 1.807) is 0 Å². The Bertz CT molecular complexity index is 267. The molecular weight excluding hydrogens is 279 g/mol. The quantitative estimate of drug-likeness (QED) is 0.710. The van der Waals surface area contributed by atoms with Crippen molar-refractivity contribution in [2.75, 3.05) is 0 Å². The molecule has 0 N–H and O–H groups in total. The van der Waals surface area contributed by atoms with Gasteiger partial charge in [-0.05, 0) is 0 Å². The van der Waals surface area contributed by atoms with Crippen LogP contribution in [0.4, 0.5) is 0 Å². The Morgan fingerprint density at radius 1 is 1.38 bits per heavy atom. The number of rotatable bonds is 3. The van der Waals surface area contributed by atoms with Gasteiger partial charge in [-0.2, -0.15) is 0 Å². The van der Waals surface area contributed by atoms with Crippen LogP contribution in [0.1, 0.15) is 40.5 Å². The second-order valence-electron chi connectivity index (χ2n) is 4.67. The van der Waals surface area contributed by atoms with Crippen molar-refractivity contribution < 1.29 is 25.2 Å². The van der Waals surface area contributed by atoms with Crippen molar-refractivity contribution in [1.29, 1.82) is 0 Å². The van der Waals surface area contributed by atoms with E-state index in [1.807, 2.05) is 0 Å². The molecule has 0 amide bonds. The molecule has 1 rings (SSSR count). The minimum absolute atomic E-state index is 0. The van der Waals surface area contributed by atoms with E-state index in [0.717, 1.165) is 12.8 Å². The average Bonchev–Trinajstić information content (AvgIpc) is 2.45. The van der Waals surface area contributed by atoms with Crippen molar-refractivity contribution in [1.82, 2.24) is 0 Å². The summed E-state index contributed by atoms with van der Waals surface area (Å²) in [5, 5.41) is 0. The summed E-state index contributed by atoms with van der Waals surface area (Å²) >= 11 is 2.20. The standard InChI is InChI=1S/C12H19O.2ClH.Ti/c1-5-11(13-12(2,3)4)10-8-6-7-9-10;;;/h6,8,11H,5,7H2,1-4H3;2*1H;. The monoisotopic (exact) mass is 299 g/mol. The van der Waals surface area contributed by atoms with Crippen LogP contribution in [0, 0.1) is 0 Å². The van der Waals surface area contributed by atoms with Crippen molar-refractivity contribution in [2.24, 2.45) is 0 Å². The number of allylic oxidation sites excluding steroid dienone is 2. The maximum Gasteiger partial charge on any atom is -0.147 e. The first kappa shape index (κ1) is 19.1. The van der Waals surface area contributed by atoms with Gasteiger partial charge in [0.1, 0.15) is 0 Å². The van der Waals surface area contributed by atoms with Crippen LogP contribution < -0.4 is 0 Å². The minimum Gasteiger partial charge on any atom is -0.147 e. The van der Waals surface area contributed by atoms with Crippen LogP contribution in [0.15, 0.2) is 21.6 Å². The second kappa shape index (κ2) is 7.95. The zero-order valence-corrected chi connectivity index (χ0v) is 13.6. The summed E-state index contributed by atoms with van der Waals surface area (Å²) in [5.41, 5.74) is 1.34. The molecule has 0 bridgehead atoms. The van der Waals surface area contributed by atoms with Gasteiger partial charge in [-0.1, -0.05) is 0 Å². The molecule has 1 nitrogen and oxygen atoms in total. The Kier molecular flexibility index (Phi) is 9.48. The summed E-state index contributed by atoms with van der Waals surface area (Å²) < 4.78 is 7.49. The molecule has 4 heteroatoms. The molecule has 1 atom stereocenters. The fourth-order valence-electron chi connectivity index (χ4n) is 1.62. The zero-order valence-electron chi connectivity index (χ0n) is 10.4. The van der Waals surface area contributed by atoms with Gasteiger partial charge in [0.15, 0.2) is 0 Å². The van der Waals surface area contributed by atoms with Crippen molar-refractivity contribution in [2.45, 2.75) is 52.2 Å². The van der Waals surface area contributed by atoms with E-state index in [0.29, 0.717) is 0 Å². The van der Waals surface area contributed by atoms with Gasteiger partial charge in [0.05, 0.1) is 0 Å². The molecule has 0 spiro atoms. The van der Waals surface area contributed by atoms with Gasteiger partial charge in [-0.15, -0.1) is 24.8 Å². The van der Waals surface area contributed by atoms with E-state index in [4.69, 9.17) is 4.74 Å². The molecule has 1 aliphatic carbocycles. The van der Waals surface area contributed by atoms with E-state index in [1.165, 1.54) is 9.45 Å². The van der Waals surface area contributed by atoms with Gasteiger partial charge in [-0.25, -0.2) is 0 Å². The molecule has 0 aliphatic heterocycles. The molecule has 0 saturated heterocycles. The largest absolute Gasteiger partial charge is 0.147 e. The first-order valence-electron chi connectivity index (χ1n) is 5.23. The molecule has 16 heavy (non-hydrogen) atoms. The molecule has 0 aromatic carbocycles. The summed E-state index contributed by atoms with van der Waals surface area (Å²) in [6, 6.07) is 0. The van der Waals surface area contributed by atoms with Gasteiger partial charge in [-0.3, -0.25) is 0 Å².